The van der Waals surface area contributed by atoms with Gasteiger partial charge in [0.1, 0.15) is 18.4 Å². The minimum Gasteiger partial charge on any atom is -0.391 e. The number of rotatable bonds is 4. The number of phosphoric acid groups is 1. The highest BCUT2D eigenvalue weighted by Crippen LogP contribution is 2.44. The fraction of sp³-hybridized carbons (Fsp3) is 0.636. The second-order valence-electron chi connectivity index (χ2n) is 5.14. The van der Waals surface area contributed by atoms with Crippen LogP contribution in [0.4, 0.5) is 0 Å². The molecule has 0 spiro atoms. The van der Waals surface area contributed by atoms with Crippen molar-refractivity contribution in [3.8, 4) is 0 Å². The molecule has 0 aromatic carbocycles. The van der Waals surface area contributed by atoms with Crippen LogP contribution in [0, 0.1) is 6.92 Å². The van der Waals surface area contributed by atoms with Crippen LogP contribution in [0.15, 0.2) is 15.8 Å². The van der Waals surface area contributed by atoms with E-state index in [1.54, 1.807) is 0 Å². The van der Waals surface area contributed by atoms with Gasteiger partial charge < -0.3 is 19.6 Å². The maximum Gasteiger partial charge on any atom is 0.469 e. The molecule has 1 aromatic rings. The highest BCUT2D eigenvalue weighted by Gasteiger charge is 2.43. The first-order chi connectivity index (χ1) is 10.1. The molecule has 0 aliphatic carbocycles. The Bertz CT molecular complexity index is 705. The van der Waals surface area contributed by atoms with Crippen molar-refractivity contribution in [3.05, 3.63) is 32.6 Å². The molecule has 22 heavy (non-hydrogen) atoms. The molecule has 0 amide bonds. The summed E-state index contributed by atoms with van der Waals surface area (Å²) in [5.41, 5.74) is -0.979. The van der Waals surface area contributed by atoms with Gasteiger partial charge in [-0.1, -0.05) is 0 Å². The lowest BCUT2D eigenvalue weighted by molar-refractivity contribution is -0.0760. The zero-order chi connectivity index (χ0) is 16.7. The van der Waals surface area contributed by atoms with E-state index in [2.05, 4.69) is 9.51 Å². The summed E-state index contributed by atoms with van der Waals surface area (Å²) in [4.78, 5) is 43.1. The summed E-state index contributed by atoms with van der Waals surface area (Å²) in [7, 11) is -4.78. The van der Waals surface area contributed by atoms with E-state index in [1.807, 2.05) is 0 Å². The molecule has 0 saturated carbocycles. The molecule has 4 N–H and O–H groups in total. The first-order valence-corrected chi connectivity index (χ1v) is 8.01. The molecule has 2 rings (SSSR count). The first-order valence-electron chi connectivity index (χ1n) is 6.48. The van der Waals surface area contributed by atoms with E-state index in [0.29, 0.717) is 0 Å². The van der Waals surface area contributed by atoms with E-state index >= 15 is 0 Å². The highest BCUT2D eigenvalue weighted by molar-refractivity contribution is 7.46. The van der Waals surface area contributed by atoms with Crippen LogP contribution in [-0.4, -0.2) is 42.8 Å². The molecular weight excluding hydrogens is 319 g/mol. The molecule has 2 heterocycles. The van der Waals surface area contributed by atoms with Crippen LogP contribution < -0.4 is 11.2 Å². The normalized spacial score (nSPS) is 27.0. The number of H-pyrrole nitrogens is 1. The van der Waals surface area contributed by atoms with Gasteiger partial charge in [0.05, 0.1) is 6.10 Å². The van der Waals surface area contributed by atoms with Crippen LogP contribution in [0.1, 0.15) is 25.1 Å². The Hall–Kier alpha value is -1.29. The van der Waals surface area contributed by atoms with Crippen molar-refractivity contribution in [1.82, 2.24) is 9.55 Å². The zero-order valence-electron chi connectivity index (χ0n) is 11.9. The van der Waals surface area contributed by atoms with Crippen molar-refractivity contribution in [3.63, 3.8) is 0 Å². The molecule has 1 aliphatic rings. The Morgan fingerprint density at radius 3 is 2.68 bits per heavy atom. The zero-order valence-corrected chi connectivity index (χ0v) is 12.8. The number of aryl methyl sites for hydroxylation is 1. The number of nitrogens with zero attached hydrogens (tertiary/aromatic N) is 1. The number of nitrogens with one attached hydrogen (secondary N) is 1. The Balaban J connectivity index is 2.31. The van der Waals surface area contributed by atoms with Crippen LogP contribution in [-0.2, 0) is 13.8 Å². The van der Waals surface area contributed by atoms with E-state index in [-0.39, 0.29) is 12.0 Å². The van der Waals surface area contributed by atoms with E-state index in [0.717, 1.165) is 4.57 Å². The smallest absolute Gasteiger partial charge is 0.391 e. The molecule has 1 fully saturated rings. The number of aliphatic hydroxyl groups excluding tert-OH is 1. The summed E-state index contributed by atoms with van der Waals surface area (Å²) >= 11 is 0. The second kappa shape index (κ2) is 6.07. The summed E-state index contributed by atoms with van der Waals surface area (Å²) in [6, 6.07) is 0. The van der Waals surface area contributed by atoms with Crippen molar-refractivity contribution in [2.24, 2.45) is 0 Å². The van der Waals surface area contributed by atoms with Gasteiger partial charge in [-0.2, -0.15) is 0 Å². The predicted octanol–water partition coefficient (Wildman–Crippen LogP) is -1.01. The van der Waals surface area contributed by atoms with Crippen LogP contribution >= 0.6 is 7.82 Å². The largest absolute Gasteiger partial charge is 0.469 e. The number of phosphoric ester groups is 1. The number of aliphatic hydroxyl groups is 1. The average molecular weight is 336 g/mol. The molecule has 11 heteroatoms. The third-order valence-electron chi connectivity index (χ3n) is 3.32. The minimum absolute atomic E-state index is 0.0634. The number of hydrogen-bond donors (Lipinski definition) is 4. The van der Waals surface area contributed by atoms with E-state index in [9.17, 15) is 19.3 Å². The van der Waals surface area contributed by atoms with Crippen molar-refractivity contribution in [2.75, 3.05) is 0 Å². The average Bonchev–Trinajstić information content (AvgIpc) is 2.75. The summed E-state index contributed by atoms with van der Waals surface area (Å²) in [6.07, 6.45) is -2.88. The van der Waals surface area contributed by atoms with E-state index in [1.165, 1.54) is 20.0 Å². The number of aromatic nitrogens is 2. The minimum atomic E-state index is -4.78. The Morgan fingerprint density at radius 1 is 1.50 bits per heavy atom. The third kappa shape index (κ3) is 3.72. The molecule has 4 atom stereocenters. The number of hydrogen-bond acceptors (Lipinski definition) is 6. The van der Waals surface area contributed by atoms with Crippen molar-refractivity contribution >= 4 is 7.82 Å². The summed E-state index contributed by atoms with van der Waals surface area (Å²) in [5, 5.41) is 9.65. The summed E-state index contributed by atoms with van der Waals surface area (Å²) in [5.74, 6) is 0. The number of ether oxygens (including phenoxy) is 1. The van der Waals surface area contributed by atoms with Crippen LogP contribution in [0.3, 0.4) is 0 Å². The van der Waals surface area contributed by atoms with Gasteiger partial charge in [-0.05, 0) is 13.8 Å². The fourth-order valence-electron chi connectivity index (χ4n) is 2.34. The standard InChI is InChI=1S/C11H17N2O8P/c1-5-4-13(11(16)12-10(5)15)8-3-7(21-22(17,18)19)9(20-8)6(2)14/h4,6-9,14H,3H2,1-2H3,(H,12,15,16)(H2,17,18,19)/t6-,7-,8+,9+/m0/s1. The molecule has 1 saturated heterocycles. The molecule has 10 nitrogen and oxygen atoms in total. The third-order valence-corrected chi connectivity index (χ3v) is 3.86. The van der Waals surface area contributed by atoms with Gasteiger partial charge in [0.2, 0.25) is 0 Å². The Kier molecular flexibility index (Phi) is 4.71. The SMILES string of the molecule is Cc1cn([C@H]2C[C@H](OP(=O)(O)O)[C@@H]([C@H](C)O)O2)c(=O)[nH]c1=O. The van der Waals surface area contributed by atoms with Gasteiger partial charge in [0.25, 0.3) is 5.56 Å². The van der Waals surface area contributed by atoms with Gasteiger partial charge in [-0.3, -0.25) is 18.9 Å². The fourth-order valence-corrected chi connectivity index (χ4v) is 2.90. The van der Waals surface area contributed by atoms with Gasteiger partial charge in [-0.25, -0.2) is 9.36 Å². The molecule has 0 bridgehead atoms. The van der Waals surface area contributed by atoms with Crippen molar-refractivity contribution in [2.45, 2.75) is 44.8 Å². The first kappa shape index (κ1) is 17.1. The second-order valence-corrected chi connectivity index (χ2v) is 6.34. The summed E-state index contributed by atoms with van der Waals surface area (Å²) in [6.45, 7) is 2.88. The molecule has 0 radical (unpaired) electrons. The maximum atomic E-state index is 11.8. The van der Waals surface area contributed by atoms with Crippen LogP contribution in [0.25, 0.3) is 0 Å². The molecule has 124 valence electrons. The topological polar surface area (TPSA) is 151 Å². The van der Waals surface area contributed by atoms with Gasteiger partial charge in [0.15, 0.2) is 0 Å². The Morgan fingerprint density at radius 2 is 2.14 bits per heavy atom. The Labute approximate surface area is 124 Å². The monoisotopic (exact) mass is 336 g/mol. The van der Waals surface area contributed by atoms with Crippen molar-refractivity contribution < 1.29 is 28.7 Å². The van der Waals surface area contributed by atoms with Gasteiger partial charge in [-0.15, -0.1) is 0 Å². The lowest BCUT2D eigenvalue weighted by atomic mass is 10.1. The molecule has 1 aliphatic heterocycles. The lowest BCUT2D eigenvalue weighted by Gasteiger charge is -2.21. The van der Waals surface area contributed by atoms with Gasteiger partial charge >= 0.3 is 13.5 Å². The highest BCUT2D eigenvalue weighted by atomic mass is 31.2. The summed E-state index contributed by atoms with van der Waals surface area (Å²) < 4.78 is 22.2. The molecule has 0 unspecified atom stereocenters. The quantitative estimate of drug-likeness (QED) is 0.511. The van der Waals surface area contributed by atoms with Crippen LogP contribution in [0.2, 0.25) is 0 Å². The van der Waals surface area contributed by atoms with E-state index < -0.39 is 43.6 Å². The van der Waals surface area contributed by atoms with Crippen molar-refractivity contribution in [1.29, 1.82) is 0 Å². The molecular formula is C11H17N2O8P. The predicted molar refractivity (Wildman–Crippen MR) is 73.2 cm³/mol. The maximum absolute atomic E-state index is 11.8. The van der Waals surface area contributed by atoms with Crippen LogP contribution in [0.5, 0.6) is 0 Å². The molecule has 1 aromatic heterocycles. The lowest BCUT2D eigenvalue weighted by Crippen LogP contribution is -2.35. The van der Waals surface area contributed by atoms with E-state index in [4.69, 9.17) is 14.5 Å². The van der Waals surface area contributed by atoms with Gasteiger partial charge in [0, 0.05) is 18.2 Å². The number of aromatic amines is 1.